The number of carbonyl (C=O) groups is 1. The second-order valence-corrected chi connectivity index (χ2v) is 4.91. The van der Waals surface area contributed by atoms with E-state index >= 15 is 0 Å². The average molecular weight is 280 g/mol. The number of nitrogens with zero attached hydrogens (tertiary/aromatic N) is 1. The highest BCUT2D eigenvalue weighted by Crippen LogP contribution is 2.06. The van der Waals surface area contributed by atoms with E-state index in [0.29, 0.717) is 18.5 Å². The average Bonchev–Trinajstić information content (AvgIpc) is 2.45. The van der Waals surface area contributed by atoms with E-state index in [9.17, 15) is 9.18 Å². The molecule has 1 N–H and O–H groups in total. The first-order chi connectivity index (χ1) is 9.69. The SMILES string of the molecule is CCCCN(CCC)C(=O)NCCc1ccccc1F. The van der Waals surface area contributed by atoms with Gasteiger partial charge in [0.2, 0.25) is 0 Å². The molecule has 4 heteroatoms. The number of urea groups is 1. The summed E-state index contributed by atoms with van der Waals surface area (Å²) in [5.41, 5.74) is 0.642. The smallest absolute Gasteiger partial charge is 0.317 e. The minimum atomic E-state index is -0.210. The molecular weight excluding hydrogens is 255 g/mol. The van der Waals surface area contributed by atoms with Gasteiger partial charge in [0.25, 0.3) is 0 Å². The quantitative estimate of drug-likeness (QED) is 0.775. The van der Waals surface area contributed by atoms with Crippen LogP contribution >= 0.6 is 0 Å². The first kappa shape index (κ1) is 16.5. The summed E-state index contributed by atoms with van der Waals surface area (Å²) in [6.45, 7) is 6.19. The van der Waals surface area contributed by atoms with Crippen molar-refractivity contribution in [2.45, 2.75) is 39.5 Å². The fraction of sp³-hybridized carbons (Fsp3) is 0.562. The summed E-state index contributed by atoms with van der Waals surface area (Å²) in [6.07, 6.45) is 3.56. The van der Waals surface area contributed by atoms with Gasteiger partial charge in [-0.15, -0.1) is 0 Å². The monoisotopic (exact) mass is 280 g/mol. The summed E-state index contributed by atoms with van der Waals surface area (Å²) in [5, 5.41) is 2.87. The summed E-state index contributed by atoms with van der Waals surface area (Å²) >= 11 is 0. The van der Waals surface area contributed by atoms with Crippen LogP contribution in [-0.2, 0) is 6.42 Å². The lowest BCUT2D eigenvalue weighted by Gasteiger charge is -2.22. The van der Waals surface area contributed by atoms with Crippen LogP contribution in [0.5, 0.6) is 0 Å². The van der Waals surface area contributed by atoms with Crippen LogP contribution in [0.3, 0.4) is 0 Å². The second-order valence-electron chi connectivity index (χ2n) is 4.91. The van der Waals surface area contributed by atoms with Crippen LogP contribution in [0.4, 0.5) is 9.18 Å². The standard InChI is InChI=1S/C16H25FN2O/c1-3-5-13-19(12-4-2)16(20)18-11-10-14-8-6-7-9-15(14)17/h6-9H,3-5,10-13H2,1-2H3,(H,18,20). The number of carbonyl (C=O) groups excluding carboxylic acids is 1. The van der Waals surface area contributed by atoms with E-state index in [2.05, 4.69) is 19.2 Å². The molecule has 0 saturated heterocycles. The normalized spacial score (nSPS) is 10.3. The first-order valence-corrected chi connectivity index (χ1v) is 7.45. The van der Waals surface area contributed by atoms with Gasteiger partial charge in [0.15, 0.2) is 0 Å². The molecule has 0 saturated carbocycles. The number of halogens is 1. The van der Waals surface area contributed by atoms with Gasteiger partial charge in [-0.2, -0.15) is 0 Å². The van der Waals surface area contributed by atoms with E-state index in [4.69, 9.17) is 0 Å². The molecule has 20 heavy (non-hydrogen) atoms. The van der Waals surface area contributed by atoms with Gasteiger partial charge < -0.3 is 10.2 Å². The molecule has 1 rings (SSSR count). The van der Waals surface area contributed by atoms with Crippen molar-refractivity contribution >= 4 is 6.03 Å². The van der Waals surface area contributed by atoms with E-state index in [1.54, 1.807) is 12.1 Å². The molecule has 112 valence electrons. The Balaban J connectivity index is 2.38. The molecule has 3 nitrogen and oxygen atoms in total. The van der Waals surface area contributed by atoms with E-state index in [1.807, 2.05) is 11.0 Å². The van der Waals surface area contributed by atoms with Gasteiger partial charge >= 0.3 is 6.03 Å². The van der Waals surface area contributed by atoms with Gasteiger partial charge in [-0.1, -0.05) is 38.5 Å². The molecule has 0 radical (unpaired) electrons. The van der Waals surface area contributed by atoms with E-state index in [0.717, 1.165) is 32.4 Å². The summed E-state index contributed by atoms with van der Waals surface area (Å²) in [7, 11) is 0. The van der Waals surface area contributed by atoms with Crippen molar-refractivity contribution in [3.63, 3.8) is 0 Å². The number of benzene rings is 1. The van der Waals surface area contributed by atoms with Gasteiger partial charge in [0, 0.05) is 19.6 Å². The lowest BCUT2D eigenvalue weighted by molar-refractivity contribution is 0.197. The summed E-state index contributed by atoms with van der Waals surface area (Å²) < 4.78 is 13.4. The topological polar surface area (TPSA) is 32.3 Å². The van der Waals surface area contributed by atoms with Gasteiger partial charge in [0.1, 0.15) is 5.82 Å². The zero-order chi connectivity index (χ0) is 14.8. The molecule has 0 atom stereocenters. The van der Waals surface area contributed by atoms with E-state index in [1.165, 1.54) is 6.07 Å². The number of unbranched alkanes of at least 4 members (excludes halogenated alkanes) is 1. The third-order valence-electron chi connectivity index (χ3n) is 3.19. The minimum Gasteiger partial charge on any atom is -0.338 e. The summed E-state index contributed by atoms with van der Waals surface area (Å²) in [5.74, 6) is -0.210. The Morgan fingerprint density at radius 3 is 2.60 bits per heavy atom. The van der Waals surface area contributed by atoms with Crippen LogP contribution < -0.4 is 5.32 Å². The number of hydrogen-bond acceptors (Lipinski definition) is 1. The molecule has 0 aliphatic heterocycles. The third kappa shape index (κ3) is 5.59. The predicted molar refractivity (Wildman–Crippen MR) is 80.3 cm³/mol. The highest BCUT2D eigenvalue weighted by molar-refractivity contribution is 5.74. The fourth-order valence-corrected chi connectivity index (χ4v) is 2.05. The zero-order valence-corrected chi connectivity index (χ0v) is 12.5. The summed E-state index contributed by atoms with van der Waals surface area (Å²) in [6, 6.07) is 6.64. The Morgan fingerprint density at radius 2 is 1.95 bits per heavy atom. The molecule has 1 aromatic rings. The highest BCUT2D eigenvalue weighted by atomic mass is 19.1. The van der Waals surface area contributed by atoms with Crippen molar-refractivity contribution in [3.8, 4) is 0 Å². The van der Waals surface area contributed by atoms with E-state index < -0.39 is 0 Å². The van der Waals surface area contributed by atoms with Crippen LogP contribution in [0.25, 0.3) is 0 Å². The maximum Gasteiger partial charge on any atom is 0.317 e. The van der Waals surface area contributed by atoms with Crippen molar-refractivity contribution in [1.29, 1.82) is 0 Å². The Labute approximate surface area is 121 Å². The molecule has 0 spiro atoms. The maximum absolute atomic E-state index is 13.4. The number of nitrogens with one attached hydrogen (secondary N) is 1. The molecule has 0 bridgehead atoms. The van der Waals surface area contributed by atoms with Crippen LogP contribution in [0.1, 0.15) is 38.7 Å². The molecule has 0 unspecified atom stereocenters. The highest BCUT2D eigenvalue weighted by Gasteiger charge is 2.11. The molecule has 0 fully saturated rings. The third-order valence-corrected chi connectivity index (χ3v) is 3.19. The Morgan fingerprint density at radius 1 is 1.20 bits per heavy atom. The molecule has 1 aromatic carbocycles. The van der Waals surface area contributed by atoms with Crippen molar-refractivity contribution in [2.75, 3.05) is 19.6 Å². The first-order valence-electron chi connectivity index (χ1n) is 7.45. The fourth-order valence-electron chi connectivity index (χ4n) is 2.05. The number of rotatable bonds is 8. The molecule has 0 aliphatic carbocycles. The molecule has 0 heterocycles. The second kappa shape index (κ2) is 9.34. The maximum atomic E-state index is 13.4. The predicted octanol–water partition coefficient (Wildman–Crippen LogP) is 3.59. The Kier molecular flexibility index (Phi) is 7.70. The van der Waals surface area contributed by atoms with Gasteiger partial charge in [0.05, 0.1) is 0 Å². The molecule has 0 aliphatic rings. The lowest BCUT2D eigenvalue weighted by Crippen LogP contribution is -2.41. The lowest BCUT2D eigenvalue weighted by atomic mass is 10.1. The van der Waals surface area contributed by atoms with Crippen LogP contribution in [0, 0.1) is 5.82 Å². The number of hydrogen-bond donors (Lipinski definition) is 1. The van der Waals surface area contributed by atoms with Gasteiger partial charge in [-0.25, -0.2) is 9.18 Å². The van der Waals surface area contributed by atoms with Gasteiger partial charge in [-0.05, 0) is 30.9 Å². The van der Waals surface area contributed by atoms with Gasteiger partial charge in [-0.3, -0.25) is 0 Å². The Bertz CT molecular complexity index is 409. The molecule has 0 aromatic heterocycles. The summed E-state index contributed by atoms with van der Waals surface area (Å²) in [4.78, 5) is 13.9. The largest absolute Gasteiger partial charge is 0.338 e. The van der Waals surface area contributed by atoms with Crippen molar-refractivity contribution < 1.29 is 9.18 Å². The van der Waals surface area contributed by atoms with Crippen LogP contribution in [0.2, 0.25) is 0 Å². The van der Waals surface area contributed by atoms with E-state index in [-0.39, 0.29) is 11.8 Å². The van der Waals surface area contributed by atoms with Crippen molar-refractivity contribution in [1.82, 2.24) is 10.2 Å². The molecular formula is C16H25FN2O. The van der Waals surface area contributed by atoms with Crippen LogP contribution in [0.15, 0.2) is 24.3 Å². The van der Waals surface area contributed by atoms with Crippen LogP contribution in [-0.4, -0.2) is 30.6 Å². The van der Waals surface area contributed by atoms with Crippen molar-refractivity contribution in [3.05, 3.63) is 35.6 Å². The Hall–Kier alpha value is -1.58. The number of amides is 2. The van der Waals surface area contributed by atoms with Crippen molar-refractivity contribution in [2.24, 2.45) is 0 Å². The minimum absolute atomic E-state index is 0.0448. The zero-order valence-electron chi connectivity index (χ0n) is 12.5. The molecule has 2 amide bonds.